The molecular formula is C15H20BrN3O. The highest BCUT2D eigenvalue weighted by Crippen LogP contribution is 2.41. The molecule has 20 heavy (non-hydrogen) atoms. The summed E-state index contributed by atoms with van der Waals surface area (Å²) in [7, 11) is 0. The molecule has 1 fully saturated rings. The first-order valence-corrected chi connectivity index (χ1v) is 7.71. The van der Waals surface area contributed by atoms with E-state index in [0.717, 1.165) is 36.2 Å². The van der Waals surface area contributed by atoms with Crippen molar-refractivity contribution in [2.45, 2.75) is 37.8 Å². The van der Waals surface area contributed by atoms with E-state index in [-0.39, 0.29) is 11.1 Å². The first-order valence-electron chi connectivity index (χ1n) is 6.92. The maximum atomic E-state index is 6.17. The summed E-state index contributed by atoms with van der Waals surface area (Å²) in [5.41, 5.74) is 7.09. The Morgan fingerprint density at radius 3 is 2.65 bits per heavy atom. The number of nitrogens with two attached hydrogens (primary N) is 1. The van der Waals surface area contributed by atoms with Crippen molar-refractivity contribution in [1.29, 1.82) is 0 Å². The highest BCUT2D eigenvalue weighted by Gasteiger charge is 2.49. The van der Waals surface area contributed by atoms with Crippen LogP contribution in [-0.4, -0.2) is 30.3 Å². The van der Waals surface area contributed by atoms with Crippen LogP contribution in [0.15, 0.2) is 33.7 Å². The fourth-order valence-corrected chi connectivity index (χ4v) is 3.65. The van der Waals surface area contributed by atoms with Gasteiger partial charge in [-0.05, 0) is 44.5 Å². The maximum Gasteiger partial charge on any atom is 0.196 e. The molecule has 4 nitrogen and oxygen atoms in total. The number of halogens is 1. The topological polar surface area (TPSA) is 50.9 Å². The Hall–Kier alpha value is -1.07. The Morgan fingerprint density at radius 1 is 1.30 bits per heavy atom. The van der Waals surface area contributed by atoms with Crippen molar-refractivity contribution in [3.05, 3.63) is 28.7 Å². The molecule has 0 radical (unpaired) electrons. The van der Waals surface area contributed by atoms with Gasteiger partial charge in [0.05, 0.1) is 17.7 Å². The van der Waals surface area contributed by atoms with E-state index in [0.29, 0.717) is 5.96 Å². The smallest absolute Gasteiger partial charge is 0.196 e. The molecule has 1 unspecified atom stereocenters. The number of ether oxygens (including phenoxy) is 1. The molecule has 0 aliphatic carbocycles. The molecule has 2 aliphatic heterocycles. The van der Waals surface area contributed by atoms with E-state index in [1.54, 1.807) is 0 Å². The van der Waals surface area contributed by atoms with Gasteiger partial charge in [0, 0.05) is 23.2 Å². The van der Waals surface area contributed by atoms with Gasteiger partial charge in [-0.25, -0.2) is 0 Å². The minimum absolute atomic E-state index is 0.0420. The predicted octanol–water partition coefficient (Wildman–Crippen LogP) is 2.91. The molecule has 1 atom stereocenters. The molecule has 2 N–H and O–H groups in total. The number of hydrogen-bond donors (Lipinski definition) is 1. The largest absolute Gasteiger partial charge is 0.375 e. The molecule has 1 aromatic rings. The number of aliphatic imine (C=N–C) groups is 1. The average Bonchev–Trinajstić information content (AvgIpc) is 2.66. The first-order chi connectivity index (χ1) is 9.42. The van der Waals surface area contributed by atoms with Crippen LogP contribution in [0.5, 0.6) is 0 Å². The standard InChI is InChI=1S/C15H20BrN3O/c1-14(2)9-15(7-8-20-14)10-18-13(17)19(15)12-5-3-11(16)4-6-12/h3-6H,7-10H2,1-2H3,(H2,17,18). The number of anilines is 1. The molecule has 2 heterocycles. The summed E-state index contributed by atoms with van der Waals surface area (Å²) in [5.74, 6) is 0.616. The van der Waals surface area contributed by atoms with Crippen LogP contribution in [0, 0.1) is 0 Å². The van der Waals surface area contributed by atoms with E-state index < -0.39 is 0 Å². The van der Waals surface area contributed by atoms with Crippen LogP contribution in [0.4, 0.5) is 5.69 Å². The van der Waals surface area contributed by atoms with Crippen molar-refractivity contribution in [3.8, 4) is 0 Å². The van der Waals surface area contributed by atoms with Gasteiger partial charge in [-0.2, -0.15) is 0 Å². The lowest BCUT2D eigenvalue weighted by molar-refractivity contribution is -0.0757. The van der Waals surface area contributed by atoms with Crippen LogP contribution in [0.25, 0.3) is 0 Å². The maximum absolute atomic E-state index is 6.17. The van der Waals surface area contributed by atoms with Gasteiger partial charge >= 0.3 is 0 Å². The van der Waals surface area contributed by atoms with Gasteiger partial charge < -0.3 is 15.4 Å². The van der Waals surface area contributed by atoms with Crippen molar-refractivity contribution >= 4 is 27.6 Å². The lowest BCUT2D eigenvalue weighted by atomic mass is 9.80. The molecule has 3 rings (SSSR count). The summed E-state index contributed by atoms with van der Waals surface area (Å²) < 4.78 is 6.93. The summed E-state index contributed by atoms with van der Waals surface area (Å²) >= 11 is 3.47. The predicted molar refractivity (Wildman–Crippen MR) is 85.1 cm³/mol. The number of hydrogen-bond acceptors (Lipinski definition) is 4. The molecule has 0 aromatic heterocycles. The van der Waals surface area contributed by atoms with Gasteiger partial charge in [0.1, 0.15) is 0 Å². The van der Waals surface area contributed by atoms with Crippen molar-refractivity contribution in [2.75, 3.05) is 18.1 Å². The SMILES string of the molecule is CC1(C)CC2(CCO1)CN=C(N)N2c1ccc(Br)cc1. The third-order valence-corrected chi connectivity index (χ3v) is 4.67. The Bertz CT molecular complexity index is 541. The molecule has 0 amide bonds. The van der Waals surface area contributed by atoms with E-state index >= 15 is 0 Å². The number of benzene rings is 1. The Morgan fingerprint density at radius 2 is 2.00 bits per heavy atom. The van der Waals surface area contributed by atoms with Gasteiger partial charge in [-0.15, -0.1) is 0 Å². The van der Waals surface area contributed by atoms with Crippen LogP contribution in [0.1, 0.15) is 26.7 Å². The fourth-order valence-electron chi connectivity index (χ4n) is 3.38. The molecule has 0 saturated carbocycles. The van der Waals surface area contributed by atoms with Crippen LogP contribution in [-0.2, 0) is 4.74 Å². The van der Waals surface area contributed by atoms with Crippen LogP contribution >= 0.6 is 15.9 Å². The summed E-state index contributed by atoms with van der Waals surface area (Å²) in [6, 6.07) is 8.25. The van der Waals surface area contributed by atoms with Gasteiger partial charge in [0.25, 0.3) is 0 Å². The molecule has 1 spiro atoms. The third-order valence-electron chi connectivity index (χ3n) is 4.14. The summed E-state index contributed by atoms with van der Waals surface area (Å²) in [6.07, 6.45) is 1.89. The molecule has 2 aliphatic rings. The molecular weight excluding hydrogens is 318 g/mol. The highest BCUT2D eigenvalue weighted by atomic mass is 79.9. The van der Waals surface area contributed by atoms with Crippen LogP contribution in [0.3, 0.4) is 0 Å². The first kappa shape index (κ1) is 13.9. The average molecular weight is 338 g/mol. The molecule has 0 bridgehead atoms. The van der Waals surface area contributed by atoms with E-state index in [1.165, 1.54) is 0 Å². The normalized spacial score (nSPS) is 28.8. The lowest BCUT2D eigenvalue weighted by Gasteiger charge is -2.47. The van der Waals surface area contributed by atoms with Crippen molar-refractivity contribution < 1.29 is 4.74 Å². The highest BCUT2D eigenvalue weighted by molar-refractivity contribution is 9.10. The van der Waals surface area contributed by atoms with Gasteiger partial charge in [-0.3, -0.25) is 4.99 Å². The van der Waals surface area contributed by atoms with Crippen molar-refractivity contribution in [3.63, 3.8) is 0 Å². The Labute approximate surface area is 128 Å². The molecule has 5 heteroatoms. The Balaban J connectivity index is 1.97. The minimum Gasteiger partial charge on any atom is -0.375 e. The zero-order valence-corrected chi connectivity index (χ0v) is 13.5. The second kappa shape index (κ2) is 4.74. The minimum atomic E-state index is -0.133. The van der Waals surface area contributed by atoms with E-state index in [1.807, 2.05) is 12.1 Å². The van der Waals surface area contributed by atoms with Crippen molar-refractivity contribution in [2.24, 2.45) is 10.7 Å². The van der Waals surface area contributed by atoms with E-state index in [9.17, 15) is 0 Å². The quantitative estimate of drug-likeness (QED) is 0.857. The monoisotopic (exact) mass is 337 g/mol. The van der Waals surface area contributed by atoms with Crippen LogP contribution < -0.4 is 10.6 Å². The van der Waals surface area contributed by atoms with Gasteiger partial charge in [-0.1, -0.05) is 15.9 Å². The Kier molecular flexibility index (Phi) is 3.29. The number of rotatable bonds is 1. The van der Waals surface area contributed by atoms with E-state index in [2.05, 4.69) is 51.8 Å². The second-order valence-corrected chi connectivity index (χ2v) is 7.16. The van der Waals surface area contributed by atoms with Crippen LogP contribution in [0.2, 0.25) is 0 Å². The van der Waals surface area contributed by atoms with Gasteiger partial charge in [0.2, 0.25) is 0 Å². The summed E-state index contributed by atoms with van der Waals surface area (Å²) in [5, 5.41) is 0. The third kappa shape index (κ3) is 2.33. The lowest BCUT2D eigenvalue weighted by Crippen LogP contribution is -2.58. The van der Waals surface area contributed by atoms with Gasteiger partial charge in [0.15, 0.2) is 5.96 Å². The zero-order valence-electron chi connectivity index (χ0n) is 11.9. The molecule has 108 valence electrons. The van der Waals surface area contributed by atoms with Crippen molar-refractivity contribution in [1.82, 2.24) is 0 Å². The summed E-state index contributed by atoms with van der Waals surface area (Å²) in [4.78, 5) is 6.71. The van der Waals surface area contributed by atoms with E-state index in [4.69, 9.17) is 10.5 Å². The fraction of sp³-hybridized carbons (Fsp3) is 0.533. The zero-order chi connectivity index (χ0) is 14.4. The summed E-state index contributed by atoms with van der Waals surface area (Å²) in [6.45, 7) is 5.79. The second-order valence-electron chi connectivity index (χ2n) is 6.25. The molecule has 1 aromatic carbocycles. The molecule has 1 saturated heterocycles. The number of guanidine groups is 1. The number of nitrogens with zero attached hydrogens (tertiary/aromatic N) is 2.